The van der Waals surface area contributed by atoms with Crippen LogP contribution >= 0.6 is 0 Å². The zero-order valence-corrected chi connectivity index (χ0v) is 20.8. The van der Waals surface area contributed by atoms with Crippen LogP contribution in [0.1, 0.15) is 53.7 Å². The smallest absolute Gasteiger partial charge is 0.255 e. The maximum atomic E-state index is 13.6. The number of aliphatic hydroxyl groups excluding tert-OH is 2. The molecule has 1 aromatic rings. The Morgan fingerprint density at radius 1 is 1.19 bits per heavy atom. The van der Waals surface area contributed by atoms with Crippen LogP contribution in [0.5, 0.6) is 5.75 Å². The number of nitrogens with zero attached hydrogens (tertiary/aromatic N) is 2. The quantitative estimate of drug-likeness (QED) is 0.465. The zero-order chi connectivity index (χ0) is 26.0. The van der Waals surface area contributed by atoms with Crippen LogP contribution in [-0.2, 0) is 16.0 Å². The number of hydrogen-bond donors (Lipinski definition) is 4. The van der Waals surface area contributed by atoms with E-state index in [2.05, 4.69) is 4.90 Å². The summed E-state index contributed by atoms with van der Waals surface area (Å²) in [5.74, 6) is -5.27. The summed E-state index contributed by atoms with van der Waals surface area (Å²) in [4.78, 5) is 43.1. The molecular weight excluding hydrogens is 462 g/mol. The Hall–Kier alpha value is -3.17. The van der Waals surface area contributed by atoms with Crippen LogP contribution in [0.15, 0.2) is 34.8 Å². The molecule has 0 bridgehead atoms. The number of nitrogens with two attached hydrogens (primary N) is 1. The minimum absolute atomic E-state index is 0.112. The number of aliphatic hydroxyl groups is 2. The number of amides is 1. The number of benzene rings is 1. The number of fused-ring (bicyclic) bond motifs is 3. The standard InChI is InChI=1S/C27H33N3O6/c1-4-29(2)22-15-10-14-9-13-8-12(16-6-5-7-30(16)3)11-17(31)18(13)23(32)19(14)24(33)20(15)25(34)21(26(22)35)27(28)36/h8,11,14-16,20,22,31,33,35H,4-7,9-10H2,1-3H3,(H2,28,36)/t14-,15+,16?,20+,22-/m0/s1. The van der Waals surface area contributed by atoms with Gasteiger partial charge in [0.15, 0.2) is 11.6 Å². The molecule has 1 aromatic carbocycles. The summed E-state index contributed by atoms with van der Waals surface area (Å²) in [5, 5.41) is 33.2. The first kappa shape index (κ1) is 24.5. The lowest BCUT2D eigenvalue weighted by Gasteiger charge is -2.46. The number of hydrogen-bond acceptors (Lipinski definition) is 8. The number of ketones is 2. The molecule has 5 N–H and O–H groups in total. The van der Waals surface area contributed by atoms with Crippen molar-refractivity contribution in [3.63, 3.8) is 0 Å². The molecule has 1 heterocycles. The van der Waals surface area contributed by atoms with E-state index in [1.165, 1.54) is 0 Å². The van der Waals surface area contributed by atoms with Crippen LogP contribution in [0.3, 0.4) is 0 Å². The number of phenolic OH excluding ortho intramolecular Hbond substituents is 1. The van der Waals surface area contributed by atoms with Crippen molar-refractivity contribution in [3.8, 4) is 5.75 Å². The summed E-state index contributed by atoms with van der Waals surface area (Å²) in [6.07, 6.45) is 2.82. The van der Waals surface area contributed by atoms with Crippen molar-refractivity contribution in [2.45, 2.75) is 44.7 Å². The van der Waals surface area contributed by atoms with Crippen molar-refractivity contribution in [2.75, 3.05) is 27.2 Å². The topological polar surface area (TPSA) is 144 Å². The molecule has 0 saturated carbocycles. The van der Waals surface area contributed by atoms with Crippen LogP contribution in [0, 0.1) is 17.8 Å². The number of carbonyl (C=O) groups excluding carboxylic acids is 3. The van der Waals surface area contributed by atoms with E-state index < -0.39 is 40.9 Å². The van der Waals surface area contributed by atoms with Gasteiger partial charge in [0, 0.05) is 11.6 Å². The monoisotopic (exact) mass is 495 g/mol. The molecule has 0 radical (unpaired) electrons. The average Bonchev–Trinajstić information content (AvgIpc) is 3.23. The number of carbonyl (C=O) groups is 3. The Bertz CT molecular complexity index is 1230. The molecule has 0 aromatic heterocycles. The number of rotatable bonds is 4. The van der Waals surface area contributed by atoms with Gasteiger partial charge in [0.1, 0.15) is 22.8 Å². The van der Waals surface area contributed by atoms with Crippen molar-refractivity contribution in [2.24, 2.45) is 23.5 Å². The molecule has 1 amide bonds. The Morgan fingerprint density at radius 3 is 2.53 bits per heavy atom. The summed E-state index contributed by atoms with van der Waals surface area (Å²) < 4.78 is 0. The maximum absolute atomic E-state index is 13.6. The third-order valence-electron chi connectivity index (χ3n) is 8.72. The SMILES string of the molecule is CCN(C)[C@@H]1C(O)=C(C(N)=O)C(=O)[C@H]2C(O)=C3C(=O)c4c(O)cc(C5CCCN5C)cc4C[C@H]3C[C@H]21. The van der Waals surface area contributed by atoms with Crippen LogP contribution < -0.4 is 5.73 Å². The fourth-order valence-corrected chi connectivity index (χ4v) is 6.95. The van der Waals surface area contributed by atoms with Gasteiger partial charge in [-0.15, -0.1) is 0 Å². The molecular formula is C27H33N3O6. The highest BCUT2D eigenvalue weighted by Gasteiger charge is 2.54. The molecule has 3 aliphatic carbocycles. The second kappa shape index (κ2) is 8.74. The van der Waals surface area contributed by atoms with E-state index in [-0.39, 0.29) is 40.4 Å². The molecule has 1 aliphatic heterocycles. The first-order valence-electron chi connectivity index (χ1n) is 12.6. The van der Waals surface area contributed by atoms with Gasteiger partial charge in [0.05, 0.1) is 17.5 Å². The third kappa shape index (κ3) is 3.48. The van der Waals surface area contributed by atoms with Gasteiger partial charge in [0.25, 0.3) is 5.91 Å². The zero-order valence-electron chi connectivity index (χ0n) is 20.8. The van der Waals surface area contributed by atoms with E-state index in [0.717, 1.165) is 30.5 Å². The van der Waals surface area contributed by atoms with Crippen molar-refractivity contribution in [1.82, 2.24) is 9.80 Å². The van der Waals surface area contributed by atoms with E-state index in [4.69, 9.17) is 5.73 Å². The molecule has 9 heteroatoms. The molecule has 4 aliphatic rings. The summed E-state index contributed by atoms with van der Waals surface area (Å²) in [7, 11) is 3.82. The molecule has 9 nitrogen and oxygen atoms in total. The number of aromatic hydroxyl groups is 1. The van der Waals surface area contributed by atoms with Crippen molar-refractivity contribution >= 4 is 17.5 Å². The van der Waals surface area contributed by atoms with Crippen molar-refractivity contribution < 1.29 is 29.7 Å². The Labute approximate surface area is 209 Å². The highest BCUT2D eigenvalue weighted by atomic mass is 16.3. The predicted octanol–water partition coefficient (Wildman–Crippen LogP) is 2.16. The number of phenols is 1. The normalized spacial score (nSPS) is 30.5. The molecule has 5 atom stereocenters. The molecule has 5 rings (SSSR count). The summed E-state index contributed by atoms with van der Waals surface area (Å²) >= 11 is 0. The van der Waals surface area contributed by atoms with Gasteiger partial charge in [-0.2, -0.15) is 0 Å². The average molecular weight is 496 g/mol. The van der Waals surface area contributed by atoms with Crippen molar-refractivity contribution in [1.29, 1.82) is 0 Å². The van der Waals surface area contributed by atoms with Gasteiger partial charge in [0.2, 0.25) is 0 Å². The fraction of sp³-hybridized carbons (Fsp3) is 0.519. The second-order valence-electron chi connectivity index (χ2n) is 10.6. The highest BCUT2D eigenvalue weighted by molar-refractivity contribution is 6.22. The lowest BCUT2D eigenvalue weighted by molar-refractivity contribution is -0.127. The number of primary amides is 1. The third-order valence-corrected chi connectivity index (χ3v) is 8.72. The number of allylic oxidation sites excluding steroid dienone is 2. The number of Topliss-reactive ketones (excluding diaryl/α,β-unsaturated/α-hetero) is 2. The minimum Gasteiger partial charge on any atom is -0.511 e. The number of likely N-dealkylation sites (N-methyl/N-ethyl adjacent to an activating group) is 1. The van der Waals surface area contributed by atoms with Gasteiger partial charge in [-0.25, -0.2) is 0 Å². The van der Waals surface area contributed by atoms with E-state index >= 15 is 0 Å². The van der Waals surface area contributed by atoms with E-state index in [1.54, 1.807) is 13.1 Å². The highest BCUT2D eigenvalue weighted by Crippen LogP contribution is 2.50. The summed E-state index contributed by atoms with van der Waals surface area (Å²) in [5.41, 5.74) is 6.89. The van der Waals surface area contributed by atoms with Crippen LogP contribution in [-0.4, -0.2) is 75.8 Å². The second-order valence-corrected chi connectivity index (χ2v) is 10.6. The first-order valence-corrected chi connectivity index (χ1v) is 12.6. The van der Waals surface area contributed by atoms with Crippen LogP contribution in [0.4, 0.5) is 0 Å². The Morgan fingerprint density at radius 2 is 1.92 bits per heavy atom. The van der Waals surface area contributed by atoms with Gasteiger partial charge < -0.3 is 21.1 Å². The summed E-state index contributed by atoms with van der Waals surface area (Å²) in [6, 6.07) is 3.10. The molecule has 0 spiro atoms. The lowest BCUT2D eigenvalue weighted by atomic mass is 9.61. The Kier molecular flexibility index (Phi) is 5.95. The van der Waals surface area contributed by atoms with E-state index in [0.29, 0.717) is 19.4 Å². The Balaban J connectivity index is 1.61. The molecule has 1 fully saturated rings. The molecule has 36 heavy (non-hydrogen) atoms. The molecule has 1 unspecified atom stereocenters. The maximum Gasteiger partial charge on any atom is 0.255 e. The van der Waals surface area contributed by atoms with Crippen molar-refractivity contribution in [3.05, 3.63) is 51.5 Å². The fourth-order valence-electron chi connectivity index (χ4n) is 6.95. The van der Waals surface area contributed by atoms with E-state index in [1.807, 2.05) is 24.9 Å². The van der Waals surface area contributed by atoms with Gasteiger partial charge in [-0.3, -0.25) is 24.2 Å². The number of likely N-dealkylation sites (tertiary alicyclic amines) is 1. The largest absolute Gasteiger partial charge is 0.511 e. The van der Waals surface area contributed by atoms with Gasteiger partial charge in [-0.05, 0) is 81.9 Å². The van der Waals surface area contributed by atoms with Crippen LogP contribution in [0.25, 0.3) is 0 Å². The van der Waals surface area contributed by atoms with Gasteiger partial charge in [-0.1, -0.05) is 13.0 Å². The van der Waals surface area contributed by atoms with Gasteiger partial charge >= 0.3 is 0 Å². The van der Waals surface area contributed by atoms with Crippen LogP contribution in [0.2, 0.25) is 0 Å². The first-order chi connectivity index (χ1) is 17.1. The van der Waals surface area contributed by atoms with E-state index in [9.17, 15) is 29.7 Å². The lowest BCUT2D eigenvalue weighted by Crippen LogP contribution is -2.54. The molecule has 1 saturated heterocycles. The molecule has 192 valence electrons. The minimum atomic E-state index is -1.16. The predicted molar refractivity (Wildman–Crippen MR) is 131 cm³/mol. The summed E-state index contributed by atoms with van der Waals surface area (Å²) in [6.45, 7) is 3.38.